The zero-order valence-electron chi connectivity index (χ0n) is 28.5. The van der Waals surface area contributed by atoms with Crippen molar-refractivity contribution >= 4 is 21.3 Å². The third kappa shape index (κ3) is 35.7. The molecule has 0 aromatic carbocycles. The summed E-state index contributed by atoms with van der Waals surface area (Å²) in [5.41, 5.74) is 7.27. The summed E-state index contributed by atoms with van der Waals surface area (Å²) >= 11 is -1.41. The Morgan fingerprint density at radius 2 is 0.780 bits per heavy atom. The molecule has 0 aliphatic heterocycles. The topological polar surface area (TPSA) is 47.6 Å². The van der Waals surface area contributed by atoms with Crippen LogP contribution in [0.15, 0.2) is 0 Å². The molecule has 0 heterocycles. The van der Waals surface area contributed by atoms with Gasteiger partial charge in [0.25, 0.3) is 0 Å². The molecule has 0 bridgehead atoms. The van der Waals surface area contributed by atoms with E-state index < -0.39 is 21.3 Å². The molecule has 1 N–H and O–H groups in total. The summed E-state index contributed by atoms with van der Waals surface area (Å²) in [6.45, 7) is 6.37. The van der Waals surface area contributed by atoms with E-state index in [1.54, 1.807) is 0 Å². The second-order valence-corrected chi connectivity index (χ2v) is 25.6. The third-order valence-corrected chi connectivity index (χ3v) is 13.0. The number of rotatable bonds is 33. The third-order valence-electron chi connectivity index (χ3n) is 7.83. The van der Waals surface area contributed by atoms with Crippen LogP contribution in [0.25, 0.3) is 0 Å². The van der Waals surface area contributed by atoms with Gasteiger partial charge in [-0.15, -0.1) is 0 Å². The molecule has 0 spiro atoms. The van der Waals surface area contributed by atoms with Gasteiger partial charge in [0.05, 0.1) is 0 Å². The van der Waals surface area contributed by atoms with E-state index in [9.17, 15) is 4.57 Å². The van der Waals surface area contributed by atoms with E-state index in [0.717, 1.165) is 38.6 Å². The zero-order valence-corrected chi connectivity index (χ0v) is 33.4. The smallest absolute Gasteiger partial charge is 1.00 e. The summed E-state index contributed by atoms with van der Waals surface area (Å²) in [4.78, 5) is 0. The molecule has 0 saturated heterocycles. The number of nitrogens with one attached hydrogen (secondary N) is 1. The fourth-order valence-corrected chi connectivity index (χ4v) is 8.90. The van der Waals surface area contributed by atoms with Gasteiger partial charge in [0.15, 0.2) is 0 Å². The molecule has 41 heavy (non-hydrogen) atoms. The van der Waals surface area contributed by atoms with Gasteiger partial charge in [-0.05, 0) is 0 Å². The molecule has 7 heteroatoms. The molecular formula is C34H74AsINO3P. The summed E-state index contributed by atoms with van der Waals surface area (Å²) in [6, 6.07) is 0. The molecule has 0 unspecified atom stereocenters. The van der Waals surface area contributed by atoms with Gasteiger partial charge in [-0.1, -0.05) is 104 Å². The van der Waals surface area contributed by atoms with E-state index in [4.69, 9.17) is 9.05 Å². The van der Waals surface area contributed by atoms with E-state index in [-0.39, 0.29) is 24.0 Å². The summed E-state index contributed by atoms with van der Waals surface area (Å²) in [5.74, 6) is 0. The Morgan fingerprint density at radius 1 is 0.488 bits per heavy atom. The van der Waals surface area contributed by atoms with Crippen molar-refractivity contribution in [3.8, 4) is 0 Å². The van der Waals surface area contributed by atoms with E-state index in [2.05, 4.69) is 36.1 Å². The van der Waals surface area contributed by atoms with Crippen LogP contribution in [0.3, 0.4) is 0 Å². The molecule has 0 rings (SSSR count). The van der Waals surface area contributed by atoms with Gasteiger partial charge >= 0.3 is 153 Å². The van der Waals surface area contributed by atoms with Gasteiger partial charge in [-0.3, -0.25) is 0 Å². The van der Waals surface area contributed by atoms with Crippen LogP contribution < -0.4 is 29.1 Å². The Balaban J connectivity index is 0. The Bertz CT molecular complexity index is 529. The standard InChI is InChI=1S/C34H74AsNO3P.HI/c1-6-8-10-12-14-16-18-20-22-24-26-28-33-38-40(37,36-32-30-31-35(3,4)5)39-34-29-27-25-23-21-19-17-15-13-11-9-7-2;/h6-34H2,1-5H3,(H,36,37);1H/q+1;/p-1. The number of hydrogen-bond acceptors (Lipinski definition) is 3. The fourth-order valence-electron chi connectivity index (χ4n) is 5.15. The molecule has 0 radical (unpaired) electrons. The minimum atomic E-state index is -3.20. The predicted molar refractivity (Wildman–Crippen MR) is 182 cm³/mol. The minimum Gasteiger partial charge on any atom is -1.00 e. The van der Waals surface area contributed by atoms with Crippen LogP contribution in [0, 0.1) is 0 Å². The average Bonchev–Trinajstić information content (AvgIpc) is 2.91. The molecule has 0 amide bonds. The zero-order chi connectivity index (χ0) is 29.6. The normalized spacial score (nSPS) is 12.1. The van der Waals surface area contributed by atoms with Gasteiger partial charge < -0.3 is 24.0 Å². The summed E-state index contributed by atoms with van der Waals surface area (Å²) in [6.07, 6.45) is 32.7. The van der Waals surface area contributed by atoms with Crippen LogP contribution >= 0.6 is 7.75 Å². The molecule has 0 aromatic rings. The van der Waals surface area contributed by atoms with Crippen molar-refractivity contribution < 1.29 is 37.6 Å². The van der Waals surface area contributed by atoms with Crippen molar-refractivity contribution in [2.45, 2.75) is 197 Å². The second kappa shape index (κ2) is 32.8. The molecule has 0 atom stereocenters. The van der Waals surface area contributed by atoms with Crippen molar-refractivity contribution in [1.82, 2.24) is 5.09 Å². The van der Waals surface area contributed by atoms with Crippen LogP contribution in [0.2, 0.25) is 22.3 Å². The van der Waals surface area contributed by atoms with Crippen LogP contribution in [-0.2, 0) is 13.6 Å². The molecule has 0 aromatic heterocycles. The summed E-state index contributed by atoms with van der Waals surface area (Å²) in [5, 5.41) is 4.46. The van der Waals surface area contributed by atoms with Crippen molar-refractivity contribution in [1.29, 1.82) is 0 Å². The van der Waals surface area contributed by atoms with Gasteiger partial charge in [0, 0.05) is 0 Å². The maximum atomic E-state index is 13.4. The van der Waals surface area contributed by atoms with Crippen LogP contribution in [0.4, 0.5) is 0 Å². The Hall–Kier alpha value is 1.40. The first-order valence-corrected chi connectivity index (χ1v) is 26.3. The number of unbranched alkanes of at least 4 members (excludes halogenated alkanes) is 22. The van der Waals surface area contributed by atoms with Gasteiger partial charge in [-0.25, -0.2) is 0 Å². The molecule has 0 fully saturated rings. The van der Waals surface area contributed by atoms with E-state index in [1.165, 1.54) is 134 Å². The van der Waals surface area contributed by atoms with Gasteiger partial charge in [0.2, 0.25) is 0 Å². The van der Waals surface area contributed by atoms with Crippen molar-refractivity contribution in [3.05, 3.63) is 0 Å². The molecule has 0 aliphatic carbocycles. The van der Waals surface area contributed by atoms with Crippen LogP contribution in [0.5, 0.6) is 0 Å². The van der Waals surface area contributed by atoms with Crippen molar-refractivity contribution in [2.24, 2.45) is 0 Å². The summed E-state index contributed by atoms with van der Waals surface area (Å²) in [7, 11) is -3.20. The minimum absolute atomic E-state index is 0. The molecule has 0 saturated carbocycles. The van der Waals surface area contributed by atoms with E-state index in [0.29, 0.717) is 13.2 Å². The molecule has 250 valence electrons. The molecular weight excluding hydrogens is 703 g/mol. The SMILES string of the molecule is CCCCCCCCCCCCCCOP(=O)(NCCC[As+](C)(C)C)OCCCCCCCCCCCCCC.[I-]. The first-order chi connectivity index (χ1) is 19.3. The average molecular weight is 778 g/mol. The Morgan fingerprint density at radius 3 is 1.07 bits per heavy atom. The number of hydrogen-bond donors (Lipinski definition) is 1. The van der Waals surface area contributed by atoms with Crippen LogP contribution in [0.1, 0.15) is 174 Å². The number of halogens is 1. The van der Waals surface area contributed by atoms with Gasteiger partial charge in [0.1, 0.15) is 0 Å². The Labute approximate surface area is 278 Å². The second-order valence-electron chi connectivity index (χ2n) is 13.2. The van der Waals surface area contributed by atoms with Crippen molar-refractivity contribution in [2.75, 3.05) is 19.8 Å². The first-order valence-electron chi connectivity index (χ1n) is 17.8. The predicted octanol–water partition coefficient (Wildman–Crippen LogP) is 9.85. The van der Waals surface area contributed by atoms with E-state index in [1.807, 2.05) is 0 Å². The first kappa shape index (κ1) is 44.5. The fraction of sp³-hybridized carbons (Fsp3) is 1.00. The van der Waals surface area contributed by atoms with Crippen LogP contribution in [-0.4, -0.2) is 33.3 Å². The summed E-state index contributed by atoms with van der Waals surface area (Å²) < 4.78 is 25.2. The molecule has 4 nitrogen and oxygen atoms in total. The van der Waals surface area contributed by atoms with Crippen molar-refractivity contribution in [3.63, 3.8) is 0 Å². The molecule has 0 aliphatic rings. The quantitative estimate of drug-likeness (QED) is 0.0312. The Kier molecular flexibility index (Phi) is 35.6. The van der Waals surface area contributed by atoms with E-state index >= 15 is 0 Å². The van der Waals surface area contributed by atoms with Gasteiger partial charge in [-0.2, -0.15) is 0 Å². The monoisotopic (exact) mass is 777 g/mol. The maximum absolute atomic E-state index is 13.4.